The van der Waals surface area contributed by atoms with E-state index in [0.717, 1.165) is 27.9 Å². The van der Waals surface area contributed by atoms with Crippen molar-refractivity contribution in [3.63, 3.8) is 0 Å². The summed E-state index contributed by atoms with van der Waals surface area (Å²) in [6.45, 7) is 2.22. The third kappa shape index (κ3) is 5.06. The van der Waals surface area contributed by atoms with Gasteiger partial charge >= 0.3 is 6.18 Å². The van der Waals surface area contributed by atoms with Crippen LogP contribution in [0.15, 0.2) is 78.1 Å². The van der Waals surface area contributed by atoms with Gasteiger partial charge in [0.15, 0.2) is 5.69 Å². The summed E-state index contributed by atoms with van der Waals surface area (Å²) in [5.41, 5.74) is 0.304. The van der Waals surface area contributed by atoms with Crippen molar-refractivity contribution in [2.75, 3.05) is 0 Å². The summed E-state index contributed by atoms with van der Waals surface area (Å²) in [7, 11) is 0. The van der Waals surface area contributed by atoms with Crippen LogP contribution in [0.4, 0.5) is 13.2 Å². The quantitative estimate of drug-likeness (QED) is 0.469. The zero-order chi connectivity index (χ0) is 24.3. The second-order valence-corrected chi connectivity index (χ2v) is 7.64. The fraction of sp³-hybridized carbons (Fsp3) is 0.167. The number of carbonyl (C=O) groups is 1. The highest BCUT2D eigenvalue weighted by atomic mass is 19.4. The Labute approximate surface area is 192 Å². The Balaban J connectivity index is 1.58. The van der Waals surface area contributed by atoms with E-state index in [9.17, 15) is 22.8 Å². The van der Waals surface area contributed by atoms with Crippen LogP contribution in [0.2, 0.25) is 0 Å². The molecule has 2 aromatic heterocycles. The summed E-state index contributed by atoms with van der Waals surface area (Å²) < 4.78 is 42.4. The van der Waals surface area contributed by atoms with Crippen LogP contribution < -0.4 is 10.7 Å². The molecule has 0 saturated heterocycles. The predicted octanol–water partition coefficient (Wildman–Crippen LogP) is 3.73. The molecule has 1 N–H and O–H groups in total. The SMILES string of the molecule is Cc1cc(=O)c(C(=O)NCc2ccccc2Cn2ccnc2)nn1-c1cccc(C(F)(F)F)c1. The molecule has 0 bridgehead atoms. The molecule has 0 unspecified atom stereocenters. The van der Waals surface area contributed by atoms with Gasteiger partial charge in [0.2, 0.25) is 5.43 Å². The van der Waals surface area contributed by atoms with E-state index in [0.29, 0.717) is 12.2 Å². The third-order valence-corrected chi connectivity index (χ3v) is 5.21. The maximum Gasteiger partial charge on any atom is 0.416 e. The normalized spacial score (nSPS) is 11.4. The van der Waals surface area contributed by atoms with Gasteiger partial charge in [-0.1, -0.05) is 30.3 Å². The van der Waals surface area contributed by atoms with E-state index < -0.39 is 28.8 Å². The molecule has 7 nitrogen and oxygen atoms in total. The Morgan fingerprint density at radius 1 is 1.06 bits per heavy atom. The summed E-state index contributed by atoms with van der Waals surface area (Å²) >= 11 is 0. The number of nitrogens with zero attached hydrogens (tertiary/aromatic N) is 4. The van der Waals surface area contributed by atoms with Crippen molar-refractivity contribution in [1.29, 1.82) is 0 Å². The van der Waals surface area contributed by atoms with Gasteiger partial charge in [0.25, 0.3) is 5.91 Å². The van der Waals surface area contributed by atoms with Crippen molar-refractivity contribution in [1.82, 2.24) is 24.6 Å². The molecule has 34 heavy (non-hydrogen) atoms. The number of hydrogen-bond donors (Lipinski definition) is 1. The highest BCUT2D eigenvalue weighted by Gasteiger charge is 2.30. The van der Waals surface area contributed by atoms with Crippen LogP contribution >= 0.6 is 0 Å². The van der Waals surface area contributed by atoms with Crippen LogP contribution in [0.25, 0.3) is 5.69 Å². The van der Waals surface area contributed by atoms with Gasteiger partial charge < -0.3 is 9.88 Å². The summed E-state index contributed by atoms with van der Waals surface area (Å²) in [4.78, 5) is 29.3. The summed E-state index contributed by atoms with van der Waals surface area (Å²) in [6.07, 6.45) is 0.639. The second kappa shape index (κ2) is 9.34. The average molecular weight is 467 g/mol. The van der Waals surface area contributed by atoms with Crippen LogP contribution in [0.5, 0.6) is 0 Å². The summed E-state index contributed by atoms with van der Waals surface area (Å²) in [6, 6.07) is 13.2. The number of amides is 1. The molecule has 0 fully saturated rings. The smallest absolute Gasteiger partial charge is 0.346 e. The highest BCUT2D eigenvalue weighted by Crippen LogP contribution is 2.30. The third-order valence-electron chi connectivity index (χ3n) is 5.21. The van der Waals surface area contributed by atoms with E-state index in [1.807, 2.05) is 35.0 Å². The van der Waals surface area contributed by atoms with Gasteiger partial charge in [0.1, 0.15) is 0 Å². The van der Waals surface area contributed by atoms with Crippen molar-refractivity contribution in [3.8, 4) is 5.69 Å². The molecule has 0 atom stereocenters. The van der Waals surface area contributed by atoms with E-state index in [1.165, 1.54) is 25.1 Å². The minimum Gasteiger partial charge on any atom is -0.346 e. The van der Waals surface area contributed by atoms with Crippen molar-refractivity contribution in [2.24, 2.45) is 0 Å². The van der Waals surface area contributed by atoms with Crippen LogP contribution in [0.1, 0.15) is 32.9 Å². The average Bonchev–Trinajstić information content (AvgIpc) is 3.31. The van der Waals surface area contributed by atoms with Crippen LogP contribution in [-0.4, -0.2) is 25.2 Å². The molecule has 4 aromatic rings. The minimum atomic E-state index is -4.53. The fourth-order valence-electron chi connectivity index (χ4n) is 3.50. The molecule has 10 heteroatoms. The van der Waals surface area contributed by atoms with Crippen molar-refractivity contribution in [3.05, 3.63) is 112 Å². The molecule has 2 heterocycles. The van der Waals surface area contributed by atoms with Gasteiger partial charge in [-0.15, -0.1) is 0 Å². The number of nitrogens with one attached hydrogen (secondary N) is 1. The lowest BCUT2D eigenvalue weighted by Gasteiger charge is -2.14. The standard InChI is InChI=1S/C24H20F3N5O2/c1-16-11-21(33)22(30-32(16)20-8-4-7-19(12-20)24(25,26)27)23(34)29-13-17-5-2-3-6-18(17)14-31-10-9-28-15-31/h2-12,15H,13-14H2,1H3,(H,29,34). The van der Waals surface area contributed by atoms with E-state index in [-0.39, 0.29) is 12.2 Å². The fourth-order valence-corrected chi connectivity index (χ4v) is 3.50. The lowest BCUT2D eigenvalue weighted by molar-refractivity contribution is -0.137. The number of rotatable bonds is 6. The predicted molar refractivity (Wildman–Crippen MR) is 119 cm³/mol. The zero-order valence-corrected chi connectivity index (χ0v) is 18.1. The molecule has 0 saturated carbocycles. The van der Waals surface area contributed by atoms with Gasteiger partial charge in [-0.05, 0) is 36.2 Å². The lowest BCUT2D eigenvalue weighted by Crippen LogP contribution is -2.32. The van der Waals surface area contributed by atoms with Gasteiger partial charge in [-0.3, -0.25) is 9.59 Å². The van der Waals surface area contributed by atoms with Gasteiger partial charge in [0.05, 0.1) is 17.6 Å². The molecular formula is C24H20F3N5O2. The number of aromatic nitrogens is 4. The number of carbonyl (C=O) groups excluding carboxylic acids is 1. The van der Waals surface area contributed by atoms with E-state index in [4.69, 9.17) is 0 Å². The lowest BCUT2D eigenvalue weighted by atomic mass is 10.1. The minimum absolute atomic E-state index is 0.0899. The first kappa shape index (κ1) is 23.0. The number of imidazole rings is 1. The van der Waals surface area contributed by atoms with Crippen molar-refractivity contribution < 1.29 is 18.0 Å². The summed E-state index contributed by atoms with van der Waals surface area (Å²) in [5, 5.41) is 6.76. The monoisotopic (exact) mass is 467 g/mol. The van der Waals surface area contributed by atoms with Crippen LogP contribution in [0.3, 0.4) is 0 Å². The maximum atomic E-state index is 13.1. The molecule has 1 amide bonds. The molecule has 0 aliphatic carbocycles. The highest BCUT2D eigenvalue weighted by molar-refractivity contribution is 5.92. The summed E-state index contributed by atoms with van der Waals surface area (Å²) in [5.74, 6) is -0.719. The van der Waals surface area contributed by atoms with Crippen LogP contribution in [-0.2, 0) is 19.3 Å². The Hall–Kier alpha value is -4.21. The number of benzene rings is 2. The number of aryl methyl sites for hydroxylation is 1. The molecule has 4 rings (SSSR count). The second-order valence-electron chi connectivity index (χ2n) is 7.64. The van der Waals surface area contributed by atoms with E-state index >= 15 is 0 Å². The topological polar surface area (TPSA) is 81.8 Å². The molecule has 174 valence electrons. The Morgan fingerprint density at radius 3 is 2.53 bits per heavy atom. The number of halogens is 3. The molecule has 0 aliphatic heterocycles. The molecule has 0 spiro atoms. The Bertz CT molecular complexity index is 1380. The maximum absolute atomic E-state index is 13.1. The van der Waals surface area contributed by atoms with Crippen molar-refractivity contribution in [2.45, 2.75) is 26.2 Å². The number of alkyl halides is 3. The Morgan fingerprint density at radius 2 is 1.82 bits per heavy atom. The van der Waals surface area contributed by atoms with Gasteiger partial charge in [-0.2, -0.15) is 18.3 Å². The first-order valence-corrected chi connectivity index (χ1v) is 10.3. The van der Waals surface area contributed by atoms with Crippen LogP contribution in [0, 0.1) is 6.92 Å². The van der Waals surface area contributed by atoms with Crippen molar-refractivity contribution >= 4 is 5.91 Å². The van der Waals surface area contributed by atoms with E-state index in [2.05, 4.69) is 15.4 Å². The molecule has 0 aliphatic rings. The Kier molecular flexibility index (Phi) is 6.31. The van der Waals surface area contributed by atoms with Gasteiger partial charge in [-0.25, -0.2) is 9.67 Å². The zero-order valence-electron chi connectivity index (χ0n) is 18.1. The first-order chi connectivity index (χ1) is 16.2. The molecule has 2 aromatic carbocycles. The first-order valence-electron chi connectivity index (χ1n) is 10.3. The van der Waals surface area contributed by atoms with Gasteiger partial charge in [0, 0.05) is 37.2 Å². The number of hydrogen-bond acceptors (Lipinski definition) is 4. The molecule has 0 radical (unpaired) electrons. The largest absolute Gasteiger partial charge is 0.416 e. The molecular weight excluding hydrogens is 447 g/mol. The van der Waals surface area contributed by atoms with E-state index in [1.54, 1.807) is 12.5 Å².